The lowest BCUT2D eigenvalue weighted by Gasteiger charge is -2.23. The highest BCUT2D eigenvalue weighted by Crippen LogP contribution is 2.22. The van der Waals surface area contributed by atoms with E-state index in [1.165, 1.54) is 41.7 Å². The average molecular weight is 340 g/mol. The number of nitro benzene ring substituents is 2. The summed E-state index contributed by atoms with van der Waals surface area (Å²) in [6.07, 6.45) is 2.86. The molecular weight excluding hydrogens is 328 g/mol. The predicted octanol–water partition coefficient (Wildman–Crippen LogP) is 2.56. The van der Waals surface area contributed by atoms with Crippen LogP contribution in [0.2, 0.25) is 0 Å². The van der Waals surface area contributed by atoms with Crippen LogP contribution < -0.4 is 5.01 Å². The van der Waals surface area contributed by atoms with Crippen molar-refractivity contribution in [3.63, 3.8) is 0 Å². The monoisotopic (exact) mass is 340 g/mol. The van der Waals surface area contributed by atoms with Crippen molar-refractivity contribution < 1.29 is 9.85 Å². The smallest absolute Gasteiger partial charge is 0.260 e. The van der Waals surface area contributed by atoms with Crippen molar-refractivity contribution in [3.05, 3.63) is 87.0 Å². The molecule has 1 aromatic heterocycles. The summed E-state index contributed by atoms with van der Waals surface area (Å²) in [6.45, 7) is 0.346. The minimum Gasteiger partial charge on any atom is -0.260 e. The van der Waals surface area contributed by atoms with E-state index in [0.717, 1.165) is 5.56 Å². The molecule has 0 aliphatic heterocycles. The summed E-state index contributed by atoms with van der Waals surface area (Å²) < 4.78 is 0. The fourth-order valence-electron chi connectivity index (χ4n) is 2.25. The predicted molar refractivity (Wildman–Crippen MR) is 87.8 cm³/mol. The van der Waals surface area contributed by atoms with Gasteiger partial charge in [-0.3, -0.25) is 25.2 Å². The maximum Gasteiger partial charge on any atom is 0.269 e. The molecule has 0 saturated heterocycles. The fraction of sp³-hybridized carbons (Fsp3) is 0.0667. The van der Waals surface area contributed by atoms with Crippen LogP contribution in [0.5, 0.6) is 0 Å². The van der Waals surface area contributed by atoms with Gasteiger partial charge < -0.3 is 0 Å². The number of nitro groups is 2. The Bertz CT molecular complexity index is 877. The molecule has 0 spiro atoms. The molecule has 1 heterocycles. The molecule has 0 atom stereocenters. The Morgan fingerprint density at radius 1 is 0.920 bits per heavy atom. The van der Waals surface area contributed by atoms with Crippen molar-refractivity contribution in [3.8, 4) is 0 Å². The third kappa shape index (κ3) is 3.58. The highest BCUT2D eigenvalue weighted by Gasteiger charge is 2.14. The zero-order chi connectivity index (χ0) is 17.8. The van der Waals surface area contributed by atoms with Crippen LogP contribution >= 0.6 is 0 Å². The molecular formula is C15H12N6O4. The van der Waals surface area contributed by atoms with Gasteiger partial charge in [-0.2, -0.15) is 4.79 Å². The van der Waals surface area contributed by atoms with Crippen molar-refractivity contribution in [2.45, 2.75) is 6.54 Å². The Hall–Kier alpha value is -3.82. The van der Waals surface area contributed by atoms with Crippen LogP contribution in [0.3, 0.4) is 0 Å². The number of non-ortho nitro benzene ring substituents is 2. The molecule has 0 amide bonds. The molecule has 2 aromatic carbocycles. The van der Waals surface area contributed by atoms with Crippen molar-refractivity contribution in [2.24, 2.45) is 0 Å². The Labute approximate surface area is 141 Å². The van der Waals surface area contributed by atoms with Crippen LogP contribution in [0, 0.1) is 20.2 Å². The van der Waals surface area contributed by atoms with Gasteiger partial charge >= 0.3 is 0 Å². The normalized spacial score (nSPS) is 10.4. The molecule has 3 aromatic rings. The third-order valence-electron chi connectivity index (χ3n) is 3.49. The second-order valence-corrected chi connectivity index (χ2v) is 5.07. The zero-order valence-electron chi connectivity index (χ0n) is 12.8. The molecule has 0 N–H and O–H groups in total. The Morgan fingerprint density at radius 2 is 1.48 bits per heavy atom. The van der Waals surface area contributed by atoms with E-state index in [0.29, 0.717) is 12.2 Å². The maximum atomic E-state index is 10.8. The van der Waals surface area contributed by atoms with E-state index in [-0.39, 0.29) is 11.4 Å². The van der Waals surface area contributed by atoms with Crippen LogP contribution in [-0.2, 0) is 6.54 Å². The number of aromatic nitrogens is 3. The molecule has 3 rings (SSSR count). The summed E-state index contributed by atoms with van der Waals surface area (Å²) in [5.41, 5.74) is 1.46. The number of hydrogen-bond donors (Lipinski definition) is 0. The van der Waals surface area contributed by atoms with E-state index in [1.54, 1.807) is 29.3 Å². The second-order valence-electron chi connectivity index (χ2n) is 5.07. The van der Waals surface area contributed by atoms with Crippen LogP contribution in [0.4, 0.5) is 17.1 Å². The maximum absolute atomic E-state index is 10.8. The molecule has 0 radical (unpaired) electrons. The van der Waals surface area contributed by atoms with E-state index in [9.17, 15) is 20.2 Å². The highest BCUT2D eigenvalue weighted by atomic mass is 16.6. The average Bonchev–Trinajstić information content (AvgIpc) is 3.14. The number of hydrogen-bond acceptors (Lipinski definition) is 7. The summed E-state index contributed by atoms with van der Waals surface area (Å²) >= 11 is 0. The molecule has 0 bridgehead atoms. The number of benzene rings is 2. The summed E-state index contributed by atoms with van der Waals surface area (Å²) in [6, 6.07) is 12.1. The standard InChI is InChI=1S/C15H12N6O4/c22-20(23)14-3-1-12(2-4-14)9-18(19-11-16-10-17-19)13-5-7-15(8-6-13)21(24)25/h1-8,10-11H,9H2. The lowest BCUT2D eigenvalue weighted by Crippen LogP contribution is -2.29. The van der Waals surface area contributed by atoms with Gasteiger partial charge in [-0.25, -0.2) is 4.98 Å². The van der Waals surface area contributed by atoms with Crippen LogP contribution in [0.15, 0.2) is 61.2 Å². The Balaban J connectivity index is 1.90. The first-order chi connectivity index (χ1) is 12.0. The van der Waals surface area contributed by atoms with E-state index in [1.807, 2.05) is 0 Å². The Kier molecular flexibility index (Phi) is 4.33. The topological polar surface area (TPSA) is 120 Å². The van der Waals surface area contributed by atoms with Gasteiger partial charge in [0.1, 0.15) is 12.7 Å². The molecule has 126 valence electrons. The van der Waals surface area contributed by atoms with E-state index in [2.05, 4.69) is 10.1 Å². The largest absolute Gasteiger partial charge is 0.269 e. The number of nitrogens with zero attached hydrogens (tertiary/aromatic N) is 6. The molecule has 0 unspecified atom stereocenters. The molecule has 10 nitrogen and oxygen atoms in total. The van der Waals surface area contributed by atoms with Gasteiger partial charge in [-0.1, -0.05) is 12.1 Å². The zero-order valence-corrected chi connectivity index (χ0v) is 12.8. The molecule has 0 saturated carbocycles. The summed E-state index contributed by atoms with van der Waals surface area (Å²) in [5, 5.41) is 27.4. The lowest BCUT2D eigenvalue weighted by molar-refractivity contribution is -0.385. The van der Waals surface area contributed by atoms with Crippen LogP contribution in [0.1, 0.15) is 5.56 Å². The number of rotatable bonds is 6. The quantitative estimate of drug-likeness (QED) is 0.499. The SMILES string of the molecule is O=[N+]([O-])c1ccc(CN(c2ccc([N+](=O)[O-])cc2)n2cncn2)cc1. The van der Waals surface area contributed by atoms with Gasteiger partial charge in [-0.15, -0.1) is 5.10 Å². The molecule has 0 fully saturated rings. The van der Waals surface area contributed by atoms with Crippen molar-refractivity contribution in [1.29, 1.82) is 0 Å². The first-order valence-electron chi connectivity index (χ1n) is 7.15. The minimum atomic E-state index is -0.472. The minimum absolute atomic E-state index is 0.00592. The summed E-state index contributed by atoms with van der Waals surface area (Å²) in [4.78, 5) is 26.0. The highest BCUT2D eigenvalue weighted by molar-refractivity contribution is 5.51. The van der Waals surface area contributed by atoms with Crippen molar-refractivity contribution in [1.82, 2.24) is 14.9 Å². The van der Waals surface area contributed by atoms with Gasteiger partial charge in [0.15, 0.2) is 0 Å². The van der Waals surface area contributed by atoms with Gasteiger partial charge in [0.25, 0.3) is 11.4 Å². The van der Waals surface area contributed by atoms with Gasteiger partial charge in [-0.05, 0) is 17.7 Å². The molecule has 0 aliphatic rings. The number of anilines is 1. The van der Waals surface area contributed by atoms with Gasteiger partial charge in [0, 0.05) is 24.3 Å². The molecule has 0 aliphatic carbocycles. The van der Waals surface area contributed by atoms with E-state index >= 15 is 0 Å². The van der Waals surface area contributed by atoms with Crippen molar-refractivity contribution >= 4 is 17.1 Å². The van der Waals surface area contributed by atoms with E-state index in [4.69, 9.17) is 0 Å². The molecule has 25 heavy (non-hydrogen) atoms. The first kappa shape index (κ1) is 16.1. The Morgan fingerprint density at radius 3 is 1.96 bits per heavy atom. The lowest BCUT2D eigenvalue weighted by atomic mass is 10.2. The van der Waals surface area contributed by atoms with Gasteiger partial charge in [0.05, 0.1) is 22.1 Å². The third-order valence-corrected chi connectivity index (χ3v) is 3.49. The van der Waals surface area contributed by atoms with E-state index < -0.39 is 9.85 Å². The summed E-state index contributed by atoms with van der Waals surface area (Å²) in [5.74, 6) is 0. The van der Waals surface area contributed by atoms with Crippen molar-refractivity contribution in [2.75, 3.05) is 5.01 Å². The fourth-order valence-corrected chi connectivity index (χ4v) is 2.25. The van der Waals surface area contributed by atoms with Crippen LogP contribution in [-0.4, -0.2) is 24.7 Å². The van der Waals surface area contributed by atoms with Crippen LogP contribution in [0.25, 0.3) is 0 Å². The van der Waals surface area contributed by atoms with Gasteiger partial charge in [0.2, 0.25) is 0 Å². The second kappa shape index (κ2) is 6.74. The summed E-state index contributed by atoms with van der Waals surface area (Å²) in [7, 11) is 0. The molecule has 10 heteroatoms. The first-order valence-corrected chi connectivity index (χ1v) is 7.15.